The predicted octanol–water partition coefficient (Wildman–Crippen LogP) is 4.49. The lowest BCUT2D eigenvalue weighted by Crippen LogP contribution is -2.56. The molecule has 1 unspecified atom stereocenters. The monoisotopic (exact) mass is 398 g/mol. The molecule has 2 aromatic rings. The van der Waals surface area contributed by atoms with E-state index in [0.717, 1.165) is 16.0 Å². The summed E-state index contributed by atoms with van der Waals surface area (Å²) in [7, 11) is 0. The predicted molar refractivity (Wildman–Crippen MR) is 99.6 cm³/mol. The molecule has 0 radical (unpaired) electrons. The highest BCUT2D eigenvalue weighted by Crippen LogP contribution is 2.39. The van der Waals surface area contributed by atoms with E-state index >= 15 is 0 Å². The molecule has 1 aromatic heterocycles. The minimum absolute atomic E-state index is 0.134. The van der Waals surface area contributed by atoms with E-state index < -0.39 is 17.8 Å². The number of fused-ring (bicyclic) bond motifs is 1. The van der Waals surface area contributed by atoms with Crippen LogP contribution in [0.15, 0.2) is 33.2 Å². The summed E-state index contributed by atoms with van der Waals surface area (Å²) in [5, 5.41) is 3.52. The number of nitrogens with one attached hydrogen (secondary N) is 1. The van der Waals surface area contributed by atoms with Crippen molar-refractivity contribution in [2.24, 2.45) is 0 Å². The Kier molecular flexibility index (Phi) is 4.80. The first-order valence-electron chi connectivity index (χ1n) is 8.85. The van der Waals surface area contributed by atoms with Crippen LogP contribution in [0.5, 0.6) is 5.75 Å². The van der Waals surface area contributed by atoms with Gasteiger partial charge in [-0.2, -0.15) is 0 Å². The van der Waals surface area contributed by atoms with Crippen LogP contribution >= 0.6 is 11.8 Å². The maximum atomic E-state index is 14.2. The summed E-state index contributed by atoms with van der Waals surface area (Å²) in [6, 6.07) is 3.92. The van der Waals surface area contributed by atoms with Crippen molar-refractivity contribution in [1.82, 2.24) is 10.2 Å². The zero-order valence-electron chi connectivity index (χ0n) is 15.2. The topological polar surface area (TPSA) is 37.6 Å². The molecule has 2 aliphatic rings. The van der Waals surface area contributed by atoms with Gasteiger partial charge in [-0.25, -0.2) is 13.2 Å². The number of aryl methyl sites for hydroxylation is 1. The fourth-order valence-electron chi connectivity index (χ4n) is 3.61. The van der Waals surface area contributed by atoms with Crippen LogP contribution in [-0.2, 0) is 0 Å². The van der Waals surface area contributed by atoms with Crippen molar-refractivity contribution >= 4 is 22.7 Å². The standard InChI is InChI=1S/C19H21F3N2O2S/c1-11-5-13-6-16(14(20)7-15(13)26-11)25-8-17-12(2)24(10-27-17)18-3-4-23-9-19(18,21)22/h5-7,18,23H,3-4,8-10H2,1-2H3. The lowest BCUT2D eigenvalue weighted by atomic mass is 10.0. The molecule has 0 saturated carbocycles. The van der Waals surface area contributed by atoms with E-state index in [1.54, 1.807) is 17.9 Å². The van der Waals surface area contributed by atoms with Crippen LogP contribution in [0.4, 0.5) is 13.2 Å². The molecule has 1 aromatic carbocycles. The van der Waals surface area contributed by atoms with Gasteiger partial charge in [-0.3, -0.25) is 0 Å². The Labute approximate surface area is 159 Å². The number of nitrogens with zero attached hydrogens (tertiary/aromatic N) is 1. The van der Waals surface area contributed by atoms with Gasteiger partial charge >= 0.3 is 0 Å². The number of ether oxygens (including phenoxy) is 1. The molecule has 1 N–H and O–H groups in total. The first kappa shape index (κ1) is 18.6. The average molecular weight is 398 g/mol. The van der Waals surface area contributed by atoms with Crippen molar-refractivity contribution in [3.63, 3.8) is 0 Å². The highest BCUT2D eigenvalue weighted by molar-refractivity contribution is 8.03. The highest BCUT2D eigenvalue weighted by atomic mass is 32.2. The van der Waals surface area contributed by atoms with Crippen LogP contribution in [0.3, 0.4) is 0 Å². The third-order valence-corrected chi connectivity index (χ3v) is 6.25. The van der Waals surface area contributed by atoms with Gasteiger partial charge in [-0.15, -0.1) is 11.8 Å². The van der Waals surface area contributed by atoms with Crippen LogP contribution in [0, 0.1) is 12.7 Å². The number of allylic oxidation sites excluding steroid dienone is 1. The van der Waals surface area contributed by atoms with Crippen LogP contribution in [-0.4, -0.2) is 42.4 Å². The molecule has 27 heavy (non-hydrogen) atoms. The van der Waals surface area contributed by atoms with Gasteiger partial charge in [-0.1, -0.05) is 0 Å². The molecule has 1 fully saturated rings. The molecule has 4 rings (SSSR count). The smallest absolute Gasteiger partial charge is 0.280 e. The zero-order chi connectivity index (χ0) is 19.2. The molecule has 8 heteroatoms. The number of hydrogen-bond donors (Lipinski definition) is 1. The number of furan rings is 1. The number of hydrogen-bond acceptors (Lipinski definition) is 5. The van der Waals surface area contributed by atoms with Gasteiger partial charge in [-0.05, 0) is 38.9 Å². The number of rotatable bonds is 4. The van der Waals surface area contributed by atoms with E-state index in [2.05, 4.69) is 5.32 Å². The summed E-state index contributed by atoms with van der Waals surface area (Å²) >= 11 is 1.47. The van der Waals surface area contributed by atoms with Crippen LogP contribution in [0.25, 0.3) is 11.0 Å². The Hall–Kier alpha value is -1.80. The minimum atomic E-state index is -2.77. The van der Waals surface area contributed by atoms with E-state index in [4.69, 9.17) is 9.15 Å². The second-order valence-corrected chi connectivity index (χ2v) is 8.00. The summed E-state index contributed by atoms with van der Waals surface area (Å²) in [4.78, 5) is 2.61. The van der Waals surface area contributed by atoms with Crippen molar-refractivity contribution < 1.29 is 22.3 Å². The SMILES string of the molecule is CC1=C(COc2cc3cc(C)oc3cc2F)SCN1C1CCNCC1(F)F. The molecule has 1 atom stereocenters. The summed E-state index contributed by atoms with van der Waals surface area (Å²) in [6.45, 7) is 4.06. The molecule has 3 heterocycles. The number of benzene rings is 1. The van der Waals surface area contributed by atoms with Crippen molar-refractivity contribution in [3.05, 3.63) is 40.4 Å². The quantitative estimate of drug-likeness (QED) is 0.821. The third kappa shape index (κ3) is 3.52. The van der Waals surface area contributed by atoms with Gasteiger partial charge in [0.15, 0.2) is 11.6 Å². The maximum absolute atomic E-state index is 14.2. The Morgan fingerprint density at radius 3 is 2.93 bits per heavy atom. The Morgan fingerprint density at radius 2 is 2.15 bits per heavy atom. The van der Waals surface area contributed by atoms with E-state index in [1.807, 2.05) is 13.0 Å². The van der Waals surface area contributed by atoms with E-state index in [-0.39, 0.29) is 18.9 Å². The van der Waals surface area contributed by atoms with Crippen molar-refractivity contribution in [1.29, 1.82) is 0 Å². The fourth-order valence-corrected chi connectivity index (χ4v) is 4.75. The van der Waals surface area contributed by atoms with Crippen molar-refractivity contribution in [3.8, 4) is 5.75 Å². The second kappa shape index (κ2) is 6.98. The highest BCUT2D eigenvalue weighted by Gasteiger charge is 2.46. The molecule has 146 valence electrons. The van der Waals surface area contributed by atoms with Gasteiger partial charge < -0.3 is 19.4 Å². The molecular weight excluding hydrogens is 377 g/mol. The number of thioether (sulfide) groups is 1. The first-order chi connectivity index (χ1) is 12.8. The maximum Gasteiger partial charge on any atom is 0.280 e. The summed E-state index contributed by atoms with van der Waals surface area (Å²) in [5.41, 5.74) is 1.26. The largest absolute Gasteiger partial charge is 0.485 e. The molecule has 4 nitrogen and oxygen atoms in total. The van der Waals surface area contributed by atoms with Crippen molar-refractivity contribution in [2.45, 2.75) is 32.2 Å². The summed E-state index contributed by atoms with van der Waals surface area (Å²) in [5.74, 6) is -1.97. The minimum Gasteiger partial charge on any atom is -0.485 e. The number of piperidine rings is 1. The molecule has 2 aliphatic heterocycles. The van der Waals surface area contributed by atoms with Gasteiger partial charge in [0.1, 0.15) is 18.0 Å². The lowest BCUT2D eigenvalue weighted by molar-refractivity contribution is -0.0819. The molecule has 0 amide bonds. The number of alkyl halides is 2. The normalized spacial score (nSPS) is 22.7. The van der Waals surface area contributed by atoms with E-state index in [9.17, 15) is 13.2 Å². The van der Waals surface area contributed by atoms with Crippen molar-refractivity contribution in [2.75, 3.05) is 25.6 Å². The average Bonchev–Trinajstić information content (AvgIpc) is 3.14. The first-order valence-corrected chi connectivity index (χ1v) is 9.84. The Bertz CT molecular complexity index is 896. The Morgan fingerprint density at radius 1 is 1.33 bits per heavy atom. The van der Waals surface area contributed by atoms with E-state index in [1.165, 1.54) is 17.8 Å². The molecule has 0 aliphatic carbocycles. The molecule has 0 bridgehead atoms. The zero-order valence-corrected chi connectivity index (χ0v) is 16.0. The molecular formula is C19H21F3N2O2S. The summed E-state index contributed by atoms with van der Waals surface area (Å²) in [6.07, 6.45) is 0.393. The van der Waals surface area contributed by atoms with Gasteiger partial charge in [0.25, 0.3) is 5.92 Å². The van der Waals surface area contributed by atoms with Crippen LogP contribution in [0.2, 0.25) is 0 Å². The van der Waals surface area contributed by atoms with E-state index in [0.29, 0.717) is 30.2 Å². The summed E-state index contributed by atoms with van der Waals surface area (Å²) < 4.78 is 53.8. The van der Waals surface area contributed by atoms with Crippen LogP contribution in [0.1, 0.15) is 19.1 Å². The molecule has 1 saturated heterocycles. The fraction of sp³-hybridized carbons (Fsp3) is 0.474. The lowest BCUT2D eigenvalue weighted by Gasteiger charge is -2.39. The van der Waals surface area contributed by atoms with Gasteiger partial charge in [0.2, 0.25) is 0 Å². The second-order valence-electron chi connectivity index (χ2n) is 6.96. The third-order valence-electron chi connectivity index (χ3n) is 5.08. The van der Waals surface area contributed by atoms with Gasteiger partial charge in [0.05, 0.1) is 18.5 Å². The Balaban J connectivity index is 1.50. The molecule has 0 spiro atoms. The number of halogens is 3. The van der Waals surface area contributed by atoms with Crippen LogP contribution < -0.4 is 10.1 Å². The van der Waals surface area contributed by atoms with Gasteiger partial charge in [0, 0.05) is 22.1 Å².